The van der Waals surface area contributed by atoms with Crippen molar-refractivity contribution >= 4 is 0 Å². The molecule has 5 heteroatoms. The highest BCUT2D eigenvalue weighted by molar-refractivity contribution is 5.67. The van der Waals surface area contributed by atoms with Crippen LogP contribution >= 0.6 is 0 Å². The van der Waals surface area contributed by atoms with Crippen molar-refractivity contribution in [2.24, 2.45) is 0 Å². The molecule has 0 bridgehead atoms. The number of allylic oxidation sites excluding steroid dienone is 1. The predicted octanol–water partition coefficient (Wildman–Crippen LogP) is 3.93. The number of fused-ring (bicyclic) bond motifs is 1. The Morgan fingerprint density at radius 2 is 2.12 bits per heavy atom. The summed E-state index contributed by atoms with van der Waals surface area (Å²) in [7, 11) is 3.30. The average Bonchev–Trinajstić information content (AvgIpc) is 2.88. The normalized spacial score (nSPS) is 15.0. The van der Waals surface area contributed by atoms with Gasteiger partial charge in [-0.1, -0.05) is 17.7 Å². The van der Waals surface area contributed by atoms with Crippen molar-refractivity contribution in [3.63, 3.8) is 0 Å². The van der Waals surface area contributed by atoms with E-state index in [1.807, 2.05) is 24.3 Å². The molecule has 2 heterocycles. The summed E-state index contributed by atoms with van der Waals surface area (Å²) in [5.74, 6) is 2.17. The Morgan fingerprint density at radius 1 is 1.27 bits per heavy atom. The highest BCUT2D eigenvalue weighted by Gasteiger charge is 2.21. The van der Waals surface area contributed by atoms with Crippen LogP contribution in [0.3, 0.4) is 0 Å². The fourth-order valence-corrected chi connectivity index (χ4v) is 3.11. The Bertz CT molecular complexity index is 802. The molecule has 26 heavy (non-hydrogen) atoms. The molecule has 1 aliphatic rings. The fraction of sp³-hybridized carbons (Fsp3) is 0.381. The van der Waals surface area contributed by atoms with Gasteiger partial charge in [-0.2, -0.15) is 0 Å². The number of ether oxygens (including phenoxy) is 3. The first-order valence-corrected chi connectivity index (χ1v) is 8.84. The van der Waals surface area contributed by atoms with E-state index < -0.39 is 0 Å². The van der Waals surface area contributed by atoms with Gasteiger partial charge in [0.2, 0.25) is 5.88 Å². The van der Waals surface area contributed by atoms with Crippen LogP contribution < -0.4 is 14.2 Å². The third kappa shape index (κ3) is 3.99. The summed E-state index contributed by atoms with van der Waals surface area (Å²) in [6, 6.07) is 9.88. The summed E-state index contributed by atoms with van der Waals surface area (Å²) in [6.45, 7) is 7.52. The van der Waals surface area contributed by atoms with Crippen LogP contribution in [0.25, 0.3) is 11.3 Å². The van der Waals surface area contributed by atoms with Crippen LogP contribution in [0.2, 0.25) is 0 Å². The van der Waals surface area contributed by atoms with Gasteiger partial charge in [-0.3, -0.25) is 4.90 Å². The van der Waals surface area contributed by atoms with E-state index in [0.29, 0.717) is 12.5 Å². The van der Waals surface area contributed by atoms with E-state index in [9.17, 15) is 0 Å². The summed E-state index contributed by atoms with van der Waals surface area (Å²) >= 11 is 0. The molecular formula is C21H26N2O3. The summed E-state index contributed by atoms with van der Waals surface area (Å²) in [5, 5.41) is 0. The zero-order chi connectivity index (χ0) is 18.5. The summed E-state index contributed by atoms with van der Waals surface area (Å²) < 4.78 is 16.9. The monoisotopic (exact) mass is 354 g/mol. The van der Waals surface area contributed by atoms with Gasteiger partial charge in [0.15, 0.2) is 11.5 Å². The number of hydrogen-bond donors (Lipinski definition) is 0. The van der Waals surface area contributed by atoms with Gasteiger partial charge in [-0.25, -0.2) is 4.98 Å². The van der Waals surface area contributed by atoms with Gasteiger partial charge < -0.3 is 14.2 Å². The Balaban J connectivity index is 2.00. The molecular weight excluding hydrogens is 328 g/mol. The zero-order valence-electron chi connectivity index (χ0n) is 15.9. The van der Waals surface area contributed by atoms with Crippen LogP contribution in [-0.2, 0) is 6.54 Å². The molecule has 0 saturated carbocycles. The number of hydrogen-bond acceptors (Lipinski definition) is 5. The molecule has 2 aromatic rings. The van der Waals surface area contributed by atoms with Crippen molar-refractivity contribution in [3.05, 3.63) is 47.5 Å². The lowest BCUT2D eigenvalue weighted by molar-refractivity contribution is 0.235. The third-order valence-corrected chi connectivity index (χ3v) is 4.59. The van der Waals surface area contributed by atoms with Gasteiger partial charge in [0.05, 0.1) is 19.9 Å². The van der Waals surface area contributed by atoms with Crippen molar-refractivity contribution < 1.29 is 14.2 Å². The number of benzene rings is 1. The average molecular weight is 354 g/mol. The topological polar surface area (TPSA) is 43.8 Å². The smallest absolute Gasteiger partial charge is 0.213 e. The highest BCUT2D eigenvalue weighted by Crippen LogP contribution is 2.38. The maximum Gasteiger partial charge on any atom is 0.213 e. The van der Waals surface area contributed by atoms with Crippen molar-refractivity contribution in [1.29, 1.82) is 0 Å². The van der Waals surface area contributed by atoms with Gasteiger partial charge in [0.25, 0.3) is 0 Å². The van der Waals surface area contributed by atoms with Crippen molar-refractivity contribution in [3.8, 4) is 28.6 Å². The molecule has 0 spiro atoms. The van der Waals surface area contributed by atoms with E-state index >= 15 is 0 Å². The Labute approximate surface area is 155 Å². The van der Waals surface area contributed by atoms with Crippen molar-refractivity contribution in [2.75, 3.05) is 33.9 Å². The quantitative estimate of drug-likeness (QED) is 0.761. The maximum atomic E-state index is 6.02. The van der Waals surface area contributed by atoms with Crippen LogP contribution in [-0.4, -0.2) is 43.8 Å². The molecule has 1 aliphatic heterocycles. The molecule has 0 atom stereocenters. The lowest BCUT2D eigenvalue weighted by Gasteiger charge is -2.20. The summed E-state index contributed by atoms with van der Waals surface area (Å²) in [5.41, 5.74) is 4.31. The molecule has 0 saturated heterocycles. The van der Waals surface area contributed by atoms with Crippen molar-refractivity contribution in [2.45, 2.75) is 20.4 Å². The second-order valence-corrected chi connectivity index (χ2v) is 6.43. The molecule has 1 aromatic heterocycles. The van der Waals surface area contributed by atoms with E-state index in [-0.39, 0.29) is 0 Å². The van der Waals surface area contributed by atoms with Crippen LogP contribution in [0.4, 0.5) is 0 Å². The van der Waals surface area contributed by atoms with E-state index in [4.69, 9.17) is 14.2 Å². The minimum Gasteiger partial charge on any atom is -0.493 e. The SMILES string of the molecule is C/C=C(\C)CN1CCOc2c(cc(-c3cccc(OC)n3)cc2OC)C1. The largest absolute Gasteiger partial charge is 0.493 e. The molecule has 138 valence electrons. The van der Waals surface area contributed by atoms with Crippen LogP contribution in [0.15, 0.2) is 42.0 Å². The number of nitrogens with zero attached hydrogens (tertiary/aromatic N) is 2. The number of methoxy groups -OCH3 is 2. The number of pyridine rings is 1. The molecule has 3 rings (SSSR count). The van der Waals surface area contributed by atoms with Crippen LogP contribution in [0.5, 0.6) is 17.4 Å². The lowest BCUT2D eigenvalue weighted by Crippen LogP contribution is -2.27. The molecule has 0 radical (unpaired) electrons. The third-order valence-electron chi connectivity index (χ3n) is 4.59. The number of rotatable bonds is 5. The first-order chi connectivity index (χ1) is 12.6. The Hall–Kier alpha value is -2.53. The minimum atomic E-state index is 0.595. The zero-order valence-corrected chi connectivity index (χ0v) is 15.9. The van der Waals surface area contributed by atoms with Crippen molar-refractivity contribution in [1.82, 2.24) is 9.88 Å². The van der Waals surface area contributed by atoms with Gasteiger partial charge in [0.1, 0.15) is 6.61 Å². The molecule has 1 aromatic carbocycles. The van der Waals surface area contributed by atoms with E-state index in [1.54, 1.807) is 14.2 Å². The van der Waals surface area contributed by atoms with E-state index in [2.05, 4.69) is 35.9 Å². The first-order valence-electron chi connectivity index (χ1n) is 8.84. The van der Waals surface area contributed by atoms with Crippen LogP contribution in [0, 0.1) is 0 Å². The van der Waals surface area contributed by atoms with E-state index in [0.717, 1.165) is 48.0 Å². The number of aromatic nitrogens is 1. The van der Waals surface area contributed by atoms with Crippen LogP contribution in [0.1, 0.15) is 19.4 Å². The first kappa shape index (κ1) is 18.3. The van der Waals surface area contributed by atoms with Gasteiger partial charge in [0, 0.05) is 36.8 Å². The Kier molecular flexibility index (Phi) is 5.78. The molecule has 0 aliphatic carbocycles. The standard InChI is InChI=1S/C21H26N2O3/c1-5-15(2)13-23-9-10-26-21-17(14-23)11-16(12-19(21)24-3)18-7-6-8-20(22-18)25-4/h5-8,11-12H,9-10,13-14H2,1-4H3/b15-5+. The van der Waals surface area contributed by atoms with Gasteiger partial charge in [-0.15, -0.1) is 0 Å². The van der Waals surface area contributed by atoms with E-state index in [1.165, 1.54) is 5.57 Å². The fourth-order valence-electron chi connectivity index (χ4n) is 3.11. The summed E-state index contributed by atoms with van der Waals surface area (Å²) in [4.78, 5) is 6.94. The predicted molar refractivity (Wildman–Crippen MR) is 103 cm³/mol. The lowest BCUT2D eigenvalue weighted by atomic mass is 10.0. The molecule has 0 fully saturated rings. The molecule has 0 amide bonds. The minimum absolute atomic E-state index is 0.595. The molecule has 0 N–H and O–H groups in total. The second kappa shape index (κ2) is 8.23. The van der Waals surface area contributed by atoms with Gasteiger partial charge >= 0.3 is 0 Å². The summed E-state index contributed by atoms with van der Waals surface area (Å²) in [6.07, 6.45) is 2.16. The molecule has 5 nitrogen and oxygen atoms in total. The maximum absolute atomic E-state index is 6.02. The molecule has 0 unspecified atom stereocenters. The second-order valence-electron chi connectivity index (χ2n) is 6.43. The highest BCUT2D eigenvalue weighted by atomic mass is 16.5. The van der Waals surface area contributed by atoms with Gasteiger partial charge in [-0.05, 0) is 32.0 Å². The Morgan fingerprint density at radius 3 is 2.85 bits per heavy atom.